The van der Waals surface area contributed by atoms with E-state index in [4.69, 9.17) is 9.47 Å². The zero-order chi connectivity index (χ0) is 18.0. The largest absolute Gasteiger partial charge is 0.494 e. The van der Waals surface area contributed by atoms with Crippen molar-refractivity contribution < 1.29 is 23.9 Å². The van der Waals surface area contributed by atoms with Gasteiger partial charge in [-0.05, 0) is 24.3 Å². The maximum atomic E-state index is 12.5. The Kier molecular flexibility index (Phi) is 4.49. The predicted molar refractivity (Wildman–Crippen MR) is 91.1 cm³/mol. The van der Waals surface area contributed by atoms with Crippen LogP contribution in [0.25, 0.3) is 0 Å². The summed E-state index contributed by atoms with van der Waals surface area (Å²) < 4.78 is 10.0. The molecule has 0 aromatic heterocycles. The van der Waals surface area contributed by atoms with Gasteiger partial charge in [-0.25, -0.2) is 4.90 Å². The number of methoxy groups -OCH3 is 2. The van der Waals surface area contributed by atoms with Gasteiger partial charge in [0.05, 0.1) is 29.6 Å². The zero-order valence-electron chi connectivity index (χ0n) is 13.7. The summed E-state index contributed by atoms with van der Waals surface area (Å²) in [6, 6.07) is 11.3. The van der Waals surface area contributed by atoms with Gasteiger partial charge in [0.2, 0.25) is 5.91 Å². The van der Waals surface area contributed by atoms with Gasteiger partial charge in [0.25, 0.3) is 11.8 Å². The van der Waals surface area contributed by atoms with Crippen molar-refractivity contribution in [2.75, 3.05) is 31.0 Å². The first-order chi connectivity index (χ1) is 12.1. The van der Waals surface area contributed by atoms with Crippen LogP contribution >= 0.6 is 0 Å². The number of hydrogen-bond donors (Lipinski definition) is 1. The monoisotopic (exact) mass is 340 g/mol. The van der Waals surface area contributed by atoms with Crippen LogP contribution in [0.15, 0.2) is 42.5 Å². The molecule has 0 atom stereocenters. The number of fused-ring (bicyclic) bond motifs is 1. The lowest BCUT2D eigenvalue weighted by Gasteiger charge is -2.17. The zero-order valence-corrected chi connectivity index (χ0v) is 13.7. The highest BCUT2D eigenvalue weighted by molar-refractivity contribution is 6.34. The molecule has 1 aliphatic heterocycles. The van der Waals surface area contributed by atoms with E-state index < -0.39 is 0 Å². The van der Waals surface area contributed by atoms with Crippen molar-refractivity contribution in [1.82, 2.24) is 0 Å². The Morgan fingerprint density at radius 3 is 2.24 bits per heavy atom. The van der Waals surface area contributed by atoms with Crippen LogP contribution in [-0.4, -0.2) is 38.5 Å². The number of carbonyl (C=O) groups excluding carboxylic acids is 3. The Balaban J connectivity index is 1.93. The van der Waals surface area contributed by atoms with E-state index in [0.29, 0.717) is 28.3 Å². The van der Waals surface area contributed by atoms with Gasteiger partial charge in [-0.3, -0.25) is 14.4 Å². The van der Waals surface area contributed by atoms with Crippen molar-refractivity contribution >= 4 is 29.1 Å². The second-order valence-corrected chi connectivity index (χ2v) is 5.36. The minimum atomic E-state index is -0.390. The Morgan fingerprint density at radius 2 is 1.68 bits per heavy atom. The molecule has 25 heavy (non-hydrogen) atoms. The minimum absolute atomic E-state index is 0.0939. The van der Waals surface area contributed by atoms with Gasteiger partial charge in [0, 0.05) is 13.2 Å². The van der Waals surface area contributed by atoms with E-state index in [1.165, 1.54) is 20.3 Å². The maximum absolute atomic E-state index is 12.5. The van der Waals surface area contributed by atoms with Crippen LogP contribution in [0.3, 0.4) is 0 Å². The fourth-order valence-electron chi connectivity index (χ4n) is 2.66. The summed E-state index contributed by atoms with van der Waals surface area (Å²) in [5, 5.41) is 2.64. The molecule has 1 heterocycles. The number of rotatable bonds is 5. The summed E-state index contributed by atoms with van der Waals surface area (Å²) in [7, 11) is 2.86. The normalized spacial score (nSPS) is 13.0. The van der Waals surface area contributed by atoms with Gasteiger partial charge in [-0.1, -0.05) is 12.1 Å². The van der Waals surface area contributed by atoms with Crippen molar-refractivity contribution in [3.63, 3.8) is 0 Å². The number of ether oxygens (including phenoxy) is 2. The van der Waals surface area contributed by atoms with Crippen LogP contribution in [-0.2, 0) is 9.53 Å². The third-order valence-electron chi connectivity index (χ3n) is 3.79. The van der Waals surface area contributed by atoms with Gasteiger partial charge in [-0.15, -0.1) is 0 Å². The third kappa shape index (κ3) is 2.97. The van der Waals surface area contributed by atoms with Gasteiger partial charge < -0.3 is 14.8 Å². The summed E-state index contributed by atoms with van der Waals surface area (Å²) in [4.78, 5) is 37.8. The first kappa shape index (κ1) is 16.7. The molecule has 0 aliphatic carbocycles. The number of benzene rings is 2. The molecule has 1 aliphatic rings. The quantitative estimate of drug-likeness (QED) is 0.843. The van der Waals surface area contributed by atoms with Crippen LogP contribution in [0, 0.1) is 0 Å². The van der Waals surface area contributed by atoms with Crippen LogP contribution < -0.4 is 15.0 Å². The van der Waals surface area contributed by atoms with E-state index in [1.54, 1.807) is 36.4 Å². The first-order valence-corrected chi connectivity index (χ1v) is 7.51. The van der Waals surface area contributed by atoms with Crippen LogP contribution in [0.1, 0.15) is 20.7 Å². The molecule has 0 saturated carbocycles. The van der Waals surface area contributed by atoms with Gasteiger partial charge in [0.15, 0.2) is 0 Å². The van der Waals surface area contributed by atoms with Gasteiger partial charge in [0.1, 0.15) is 12.4 Å². The smallest absolute Gasteiger partial charge is 0.266 e. The van der Waals surface area contributed by atoms with E-state index >= 15 is 0 Å². The molecule has 7 nitrogen and oxygen atoms in total. The van der Waals surface area contributed by atoms with E-state index in [2.05, 4.69) is 5.32 Å². The number of nitrogens with zero attached hydrogens (tertiary/aromatic N) is 1. The van der Waals surface area contributed by atoms with E-state index in [1.807, 2.05) is 0 Å². The number of nitrogens with one attached hydrogen (secondary N) is 1. The molecule has 3 rings (SSSR count). The lowest BCUT2D eigenvalue weighted by molar-refractivity contribution is -0.119. The SMILES string of the molecule is COCC(=O)Nc1ccc(N2C(=O)c3ccccc3C2=O)cc1OC. The van der Waals surface area contributed by atoms with E-state index in [-0.39, 0.29) is 24.3 Å². The molecule has 2 aromatic carbocycles. The molecule has 0 spiro atoms. The Hall–Kier alpha value is -3.19. The second kappa shape index (κ2) is 6.74. The summed E-state index contributed by atoms with van der Waals surface area (Å²) in [5.74, 6) is -0.787. The topological polar surface area (TPSA) is 84.9 Å². The Morgan fingerprint density at radius 1 is 1.04 bits per heavy atom. The number of imide groups is 1. The lowest BCUT2D eigenvalue weighted by atomic mass is 10.1. The second-order valence-electron chi connectivity index (χ2n) is 5.36. The Labute approximate surface area is 144 Å². The van der Waals surface area contributed by atoms with E-state index in [0.717, 1.165) is 4.90 Å². The number of amides is 3. The van der Waals surface area contributed by atoms with Crippen LogP contribution in [0.5, 0.6) is 5.75 Å². The highest BCUT2D eigenvalue weighted by atomic mass is 16.5. The van der Waals surface area contributed by atoms with Crippen molar-refractivity contribution in [1.29, 1.82) is 0 Å². The van der Waals surface area contributed by atoms with Crippen LogP contribution in [0.4, 0.5) is 11.4 Å². The van der Waals surface area contributed by atoms with Crippen molar-refractivity contribution in [3.8, 4) is 5.75 Å². The molecule has 0 bridgehead atoms. The average Bonchev–Trinajstić information content (AvgIpc) is 2.87. The average molecular weight is 340 g/mol. The molecule has 1 N–H and O–H groups in total. The molecule has 2 aromatic rings. The molecule has 0 unspecified atom stereocenters. The first-order valence-electron chi connectivity index (χ1n) is 7.51. The highest BCUT2D eigenvalue weighted by Crippen LogP contribution is 2.34. The Bertz CT molecular complexity index is 827. The van der Waals surface area contributed by atoms with Gasteiger partial charge >= 0.3 is 0 Å². The number of anilines is 2. The minimum Gasteiger partial charge on any atom is -0.494 e. The van der Waals surface area contributed by atoms with Crippen LogP contribution in [0.2, 0.25) is 0 Å². The maximum Gasteiger partial charge on any atom is 0.266 e. The fraction of sp³-hybridized carbons (Fsp3) is 0.167. The molecule has 0 saturated heterocycles. The molecular formula is C18H16N2O5. The standard InChI is InChI=1S/C18H16N2O5/c1-24-10-16(21)19-14-8-7-11(9-15(14)25-2)20-17(22)12-5-3-4-6-13(12)18(20)23/h3-9H,10H2,1-2H3,(H,19,21). The molecule has 128 valence electrons. The van der Waals surface area contributed by atoms with Crippen molar-refractivity contribution in [3.05, 3.63) is 53.6 Å². The predicted octanol–water partition coefficient (Wildman–Crippen LogP) is 2.08. The van der Waals surface area contributed by atoms with E-state index in [9.17, 15) is 14.4 Å². The lowest BCUT2D eigenvalue weighted by Crippen LogP contribution is -2.29. The summed E-state index contributed by atoms with van der Waals surface area (Å²) >= 11 is 0. The fourth-order valence-corrected chi connectivity index (χ4v) is 2.66. The molecule has 7 heteroatoms. The summed E-state index contributed by atoms with van der Waals surface area (Å²) in [6.07, 6.45) is 0. The number of carbonyl (C=O) groups is 3. The van der Waals surface area contributed by atoms with Crippen molar-refractivity contribution in [2.45, 2.75) is 0 Å². The molecular weight excluding hydrogens is 324 g/mol. The third-order valence-corrected chi connectivity index (χ3v) is 3.79. The molecule has 0 fully saturated rings. The van der Waals surface area contributed by atoms with Gasteiger partial charge in [-0.2, -0.15) is 0 Å². The van der Waals surface area contributed by atoms with Crippen molar-refractivity contribution in [2.24, 2.45) is 0 Å². The molecule has 3 amide bonds. The number of hydrogen-bond acceptors (Lipinski definition) is 5. The summed E-state index contributed by atoms with van der Waals surface area (Å²) in [5.41, 5.74) is 1.52. The summed E-state index contributed by atoms with van der Waals surface area (Å²) in [6.45, 7) is -0.0939. The highest BCUT2D eigenvalue weighted by Gasteiger charge is 2.36. The molecule has 0 radical (unpaired) electrons.